The molecule has 4 unspecified atom stereocenters. The maximum absolute atomic E-state index is 8.82. The second-order valence-electron chi connectivity index (χ2n) is 12.7. The van der Waals surface area contributed by atoms with E-state index in [9.17, 15) is 0 Å². The maximum atomic E-state index is 8.82. The van der Waals surface area contributed by atoms with Gasteiger partial charge in [0, 0.05) is 0 Å². The second kappa shape index (κ2) is 23.2. The Morgan fingerprint density at radius 2 is 0.571 bits per heavy atom. The first kappa shape index (κ1) is 37.2. The van der Waals surface area contributed by atoms with Crippen LogP contribution in [0.15, 0.2) is 0 Å². The molecule has 0 aromatic rings. The quantitative estimate of drug-likeness (QED) is 0.142. The van der Waals surface area contributed by atoms with Crippen LogP contribution in [0.3, 0.4) is 0 Å². The minimum absolute atomic E-state index is 0.878. The molecule has 0 bridgehead atoms. The topological polar surface area (TPSA) is 74.6 Å². The summed E-state index contributed by atoms with van der Waals surface area (Å²) in [5.41, 5.74) is 0. The van der Waals surface area contributed by atoms with Gasteiger partial charge in [0.15, 0.2) is 0 Å². The van der Waals surface area contributed by atoms with Gasteiger partial charge in [-0.1, -0.05) is 158 Å². The van der Waals surface area contributed by atoms with Gasteiger partial charge in [-0.3, -0.25) is 0 Å². The zero-order valence-electron chi connectivity index (χ0n) is 24.9. The number of hydrogen-bond acceptors (Lipinski definition) is 2. The van der Waals surface area contributed by atoms with E-state index in [0.717, 1.165) is 35.5 Å². The average molecular weight is 541 g/mol. The third-order valence-corrected chi connectivity index (χ3v) is 7.39. The van der Waals surface area contributed by atoms with Crippen molar-refractivity contribution in [2.45, 2.75) is 158 Å². The molecule has 0 heterocycles. The van der Waals surface area contributed by atoms with Crippen LogP contribution in [0.5, 0.6) is 0 Å². The molecule has 0 aromatic heterocycles. The van der Waals surface area contributed by atoms with E-state index in [1.165, 1.54) is 103 Å². The van der Waals surface area contributed by atoms with Crippen molar-refractivity contribution in [2.24, 2.45) is 35.5 Å². The summed E-state index contributed by atoms with van der Waals surface area (Å²) < 4.78 is 31.9. The molecule has 214 valence electrons. The monoisotopic (exact) mass is 540 g/mol. The summed E-state index contributed by atoms with van der Waals surface area (Å²) >= 11 is -5.25. The fraction of sp³-hybridized carbons (Fsp3) is 1.00. The number of rotatable bonds is 21. The molecular weight excluding hydrogens is 476 g/mol. The van der Waals surface area contributed by atoms with Gasteiger partial charge in [-0.05, 0) is 35.5 Å². The molecule has 4 atom stereocenters. The molecule has 35 heavy (non-hydrogen) atoms. The minimum atomic E-state index is -5.25. The predicted octanol–water partition coefficient (Wildman–Crippen LogP) is 9.73. The van der Waals surface area contributed by atoms with Crippen LogP contribution in [0.4, 0.5) is 0 Å². The van der Waals surface area contributed by atoms with Crippen LogP contribution in [0, 0.1) is 35.5 Å². The predicted molar refractivity (Wildman–Crippen MR) is 146 cm³/mol. The molecule has 0 aliphatic heterocycles. The molecule has 0 radical (unpaired) electrons. The zero-order chi connectivity index (χ0) is 27.3. The van der Waals surface area contributed by atoms with Crippen LogP contribution in [0.2, 0.25) is 0 Å². The molecule has 0 aliphatic rings. The van der Waals surface area contributed by atoms with Gasteiger partial charge >= 0.3 is 29.5 Å². The van der Waals surface area contributed by atoms with Crippen molar-refractivity contribution in [1.29, 1.82) is 0 Å². The van der Waals surface area contributed by atoms with Gasteiger partial charge in [0.2, 0.25) is 0 Å². The van der Waals surface area contributed by atoms with Gasteiger partial charge in [0.25, 0.3) is 0 Å². The number of unbranched alkanes of at least 4 members (excludes halogenated alkanes) is 1. The Balaban J connectivity index is 0. The summed E-state index contributed by atoms with van der Waals surface area (Å²) in [5, 5.41) is 0. The summed E-state index contributed by atoms with van der Waals surface area (Å²) in [5.74, 6) is 5.51. The van der Waals surface area contributed by atoms with Crippen LogP contribution >= 0.6 is 0 Å². The van der Waals surface area contributed by atoms with Crippen LogP contribution in [0.25, 0.3) is 0 Å². The molecule has 0 spiro atoms. The third-order valence-electron chi connectivity index (χ3n) is 7.39. The second-order valence-corrected chi connectivity index (χ2v) is 14.1. The molecule has 0 fully saturated rings. The van der Waals surface area contributed by atoms with Gasteiger partial charge in [-0.15, -0.1) is 0 Å². The van der Waals surface area contributed by atoms with Crippen molar-refractivity contribution in [3.63, 3.8) is 0 Å². The molecule has 0 amide bonds. The molecular formula is C30H64CrO4. The molecule has 0 aliphatic carbocycles. The molecule has 5 heteroatoms. The Morgan fingerprint density at radius 3 is 0.771 bits per heavy atom. The Labute approximate surface area is 222 Å². The van der Waals surface area contributed by atoms with Gasteiger partial charge in [-0.25, -0.2) is 0 Å². The molecule has 0 aromatic carbocycles. The van der Waals surface area contributed by atoms with Crippen molar-refractivity contribution < 1.29 is 29.5 Å². The van der Waals surface area contributed by atoms with E-state index in [0.29, 0.717) is 0 Å². The summed E-state index contributed by atoms with van der Waals surface area (Å²) in [6, 6.07) is 0. The summed E-state index contributed by atoms with van der Waals surface area (Å²) in [6.07, 6.45) is 23.2. The van der Waals surface area contributed by atoms with E-state index >= 15 is 0 Å². The van der Waals surface area contributed by atoms with Crippen molar-refractivity contribution in [2.75, 3.05) is 0 Å². The van der Waals surface area contributed by atoms with Crippen LogP contribution in [-0.4, -0.2) is 8.32 Å². The first-order chi connectivity index (χ1) is 16.2. The first-order valence-corrected chi connectivity index (χ1v) is 17.1. The van der Waals surface area contributed by atoms with E-state index < -0.39 is 13.6 Å². The Kier molecular flexibility index (Phi) is 24.7. The molecule has 0 saturated heterocycles. The van der Waals surface area contributed by atoms with E-state index in [1.807, 2.05) is 0 Å². The van der Waals surface area contributed by atoms with E-state index in [-0.39, 0.29) is 0 Å². The van der Waals surface area contributed by atoms with Crippen LogP contribution in [0.1, 0.15) is 158 Å². The van der Waals surface area contributed by atoms with Crippen molar-refractivity contribution in [3.8, 4) is 0 Å². The van der Waals surface area contributed by atoms with Gasteiger partial charge in [-0.2, -0.15) is 0 Å². The van der Waals surface area contributed by atoms with Crippen molar-refractivity contribution in [3.05, 3.63) is 0 Å². The number of hydrogen-bond donors (Lipinski definition) is 2. The Morgan fingerprint density at radius 1 is 0.400 bits per heavy atom. The van der Waals surface area contributed by atoms with E-state index in [4.69, 9.17) is 15.9 Å². The fourth-order valence-electron chi connectivity index (χ4n) is 4.94. The van der Waals surface area contributed by atoms with Crippen molar-refractivity contribution >= 4 is 0 Å². The van der Waals surface area contributed by atoms with Gasteiger partial charge in [0.05, 0.1) is 0 Å². The first-order valence-electron chi connectivity index (χ1n) is 14.9. The average Bonchev–Trinajstić information content (AvgIpc) is 2.69. The zero-order valence-corrected chi connectivity index (χ0v) is 26.2. The van der Waals surface area contributed by atoms with Crippen molar-refractivity contribution in [1.82, 2.24) is 0 Å². The van der Waals surface area contributed by atoms with Gasteiger partial charge < -0.3 is 0 Å². The molecule has 0 saturated carbocycles. The normalized spacial score (nSPS) is 15.5. The summed E-state index contributed by atoms with van der Waals surface area (Å²) in [6.45, 7) is 19.3. The van der Waals surface area contributed by atoms with E-state index in [1.54, 1.807) is 0 Å². The standard InChI is InChI=1S/C30H62.Cr.2H2O.2O/c1-25(2)15-11-19-29(7)23-13-21-27(5)17-9-10-18-28(6)22-14-24-30(8)20-12-16-26(3)4;;;;;/h25-30H,9-24H2,1-8H3;;2*1H2;;/q;+2;;;;/p-2. The van der Waals surface area contributed by atoms with Gasteiger partial charge in [0.1, 0.15) is 0 Å². The molecule has 0 rings (SSSR count). The summed E-state index contributed by atoms with van der Waals surface area (Å²) in [7, 11) is 0. The Bertz CT molecular complexity index is 503. The van der Waals surface area contributed by atoms with E-state index in [2.05, 4.69) is 55.4 Å². The summed E-state index contributed by atoms with van der Waals surface area (Å²) in [4.78, 5) is 0. The fourth-order valence-corrected chi connectivity index (χ4v) is 4.94. The van der Waals surface area contributed by atoms with Crippen LogP contribution < -0.4 is 0 Å². The Hall–Kier alpha value is 0.0525. The molecule has 4 nitrogen and oxygen atoms in total. The van der Waals surface area contributed by atoms with Crippen LogP contribution in [-0.2, 0) is 21.2 Å². The molecule has 2 N–H and O–H groups in total. The SMILES string of the molecule is CC(C)CCCC(C)CCCC(C)CCCCC(C)CCCC(C)CCCC(C)C.[O]=[Cr](=[O])([OH])[OH]. The third kappa shape index (κ3) is 36.3.